The number of amides is 2. The van der Waals surface area contributed by atoms with Crippen LogP contribution in [0.5, 0.6) is 0 Å². The molecule has 3 rings (SSSR count). The summed E-state index contributed by atoms with van der Waals surface area (Å²) in [4.78, 5) is 29.0. The molecule has 1 aliphatic rings. The molecule has 0 spiro atoms. The number of rotatable bonds is 6. The summed E-state index contributed by atoms with van der Waals surface area (Å²) >= 11 is 0. The van der Waals surface area contributed by atoms with Crippen LogP contribution in [0.3, 0.4) is 0 Å². The summed E-state index contributed by atoms with van der Waals surface area (Å²) in [5.41, 5.74) is 3.83. The SMILES string of the molecule is CCCCC(=O)N1CCN(c2ccc(NC(=O)c3ccc(C(C)(C)C)cc3)cc2)CC1. The monoisotopic (exact) mass is 421 g/mol. The van der Waals surface area contributed by atoms with Gasteiger partial charge in [-0.2, -0.15) is 0 Å². The highest BCUT2D eigenvalue weighted by atomic mass is 16.2. The van der Waals surface area contributed by atoms with Gasteiger partial charge in [-0.1, -0.05) is 46.2 Å². The smallest absolute Gasteiger partial charge is 0.255 e. The fourth-order valence-corrected chi connectivity index (χ4v) is 3.78. The number of carbonyl (C=O) groups excluding carboxylic acids is 2. The van der Waals surface area contributed by atoms with Crippen LogP contribution in [-0.2, 0) is 10.2 Å². The maximum Gasteiger partial charge on any atom is 0.255 e. The molecule has 0 atom stereocenters. The van der Waals surface area contributed by atoms with Crippen molar-refractivity contribution in [3.05, 3.63) is 59.7 Å². The topological polar surface area (TPSA) is 52.7 Å². The summed E-state index contributed by atoms with van der Waals surface area (Å²) in [6, 6.07) is 15.7. The Hall–Kier alpha value is -2.82. The van der Waals surface area contributed by atoms with E-state index in [0.717, 1.165) is 50.4 Å². The van der Waals surface area contributed by atoms with Crippen LogP contribution >= 0.6 is 0 Å². The van der Waals surface area contributed by atoms with Gasteiger partial charge < -0.3 is 15.1 Å². The molecule has 5 heteroatoms. The van der Waals surface area contributed by atoms with Crippen molar-refractivity contribution < 1.29 is 9.59 Å². The summed E-state index contributed by atoms with van der Waals surface area (Å²) in [6.45, 7) is 11.8. The van der Waals surface area contributed by atoms with Crippen molar-refractivity contribution in [2.24, 2.45) is 0 Å². The Bertz CT molecular complexity index is 874. The van der Waals surface area contributed by atoms with E-state index in [0.29, 0.717) is 12.0 Å². The Labute approximate surface area is 186 Å². The number of benzene rings is 2. The van der Waals surface area contributed by atoms with Gasteiger partial charge in [0.15, 0.2) is 0 Å². The summed E-state index contributed by atoms with van der Waals surface area (Å²) in [5.74, 6) is 0.169. The van der Waals surface area contributed by atoms with E-state index in [-0.39, 0.29) is 17.2 Å². The van der Waals surface area contributed by atoms with Gasteiger partial charge in [-0.05, 0) is 53.8 Å². The lowest BCUT2D eigenvalue weighted by atomic mass is 9.87. The summed E-state index contributed by atoms with van der Waals surface area (Å²) < 4.78 is 0. The second-order valence-electron chi connectivity index (χ2n) is 9.30. The number of carbonyl (C=O) groups is 2. The van der Waals surface area contributed by atoms with E-state index in [1.807, 2.05) is 53.4 Å². The lowest BCUT2D eigenvalue weighted by Gasteiger charge is -2.36. The average molecular weight is 422 g/mol. The van der Waals surface area contributed by atoms with Crippen molar-refractivity contribution in [2.45, 2.75) is 52.4 Å². The van der Waals surface area contributed by atoms with E-state index in [9.17, 15) is 9.59 Å². The molecule has 1 fully saturated rings. The Morgan fingerprint density at radius 1 is 0.903 bits per heavy atom. The number of anilines is 2. The number of hydrogen-bond acceptors (Lipinski definition) is 3. The lowest BCUT2D eigenvalue weighted by Crippen LogP contribution is -2.48. The molecule has 1 aliphatic heterocycles. The Kier molecular flexibility index (Phi) is 7.37. The van der Waals surface area contributed by atoms with Gasteiger partial charge in [-0.25, -0.2) is 0 Å². The van der Waals surface area contributed by atoms with Crippen molar-refractivity contribution in [2.75, 3.05) is 36.4 Å². The Morgan fingerprint density at radius 3 is 2.06 bits per heavy atom. The minimum atomic E-state index is -0.104. The maximum atomic E-state index is 12.6. The quantitative estimate of drug-likeness (QED) is 0.708. The molecule has 2 aromatic carbocycles. The summed E-state index contributed by atoms with van der Waals surface area (Å²) in [5, 5.41) is 2.98. The molecule has 0 radical (unpaired) electrons. The molecule has 1 saturated heterocycles. The van der Waals surface area contributed by atoms with Crippen LogP contribution < -0.4 is 10.2 Å². The Balaban J connectivity index is 1.53. The van der Waals surface area contributed by atoms with Crippen LogP contribution in [0.25, 0.3) is 0 Å². The predicted octanol–water partition coefficient (Wildman–Crippen LogP) is 5.08. The van der Waals surface area contributed by atoms with Crippen molar-refractivity contribution >= 4 is 23.2 Å². The van der Waals surface area contributed by atoms with E-state index >= 15 is 0 Å². The van der Waals surface area contributed by atoms with Crippen LogP contribution in [-0.4, -0.2) is 42.9 Å². The van der Waals surface area contributed by atoms with Crippen molar-refractivity contribution in [1.29, 1.82) is 0 Å². The highest BCUT2D eigenvalue weighted by Gasteiger charge is 2.21. The first-order valence-electron chi connectivity index (χ1n) is 11.3. The standard InChI is InChI=1S/C26H35N3O2/c1-5-6-7-24(30)29-18-16-28(17-19-29)23-14-12-22(13-15-23)27-25(31)20-8-10-21(11-9-20)26(2,3)4/h8-15H,5-7,16-19H2,1-4H3,(H,27,31). The zero-order valence-corrected chi connectivity index (χ0v) is 19.3. The highest BCUT2D eigenvalue weighted by molar-refractivity contribution is 6.04. The van der Waals surface area contributed by atoms with Crippen LogP contribution in [0, 0.1) is 0 Å². The minimum absolute atomic E-state index is 0.0686. The molecule has 0 unspecified atom stereocenters. The molecule has 0 aliphatic carbocycles. The molecule has 1 N–H and O–H groups in total. The first-order valence-corrected chi connectivity index (χ1v) is 11.3. The van der Waals surface area contributed by atoms with Crippen molar-refractivity contribution in [1.82, 2.24) is 4.90 Å². The maximum absolute atomic E-state index is 12.6. The number of nitrogens with one attached hydrogen (secondary N) is 1. The number of piperazine rings is 1. The second kappa shape index (κ2) is 9.99. The molecule has 5 nitrogen and oxygen atoms in total. The summed E-state index contributed by atoms with van der Waals surface area (Å²) in [7, 11) is 0. The zero-order chi connectivity index (χ0) is 22.4. The van der Waals surface area contributed by atoms with Gasteiger partial charge in [0.1, 0.15) is 0 Å². The molecule has 166 valence electrons. The molecular weight excluding hydrogens is 386 g/mol. The molecule has 2 amide bonds. The highest BCUT2D eigenvalue weighted by Crippen LogP contribution is 2.23. The minimum Gasteiger partial charge on any atom is -0.368 e. The first kappa shape index (κ1) is 22.9. The molecule has 1 heterocycles. The van der Waals surface area contributed by atoms with Gasteiger partial charge in [0.2, 0.25) is 5.91 Å². The van der Waals surface area contributed by atoms with Gasteiger partial charge in [0.25, 0.3) is 5.91 Å². The van der Waals surface area contributed by atoms with Gasteiger partial charge in [-0.15, -0.1) is 0 Å². The van der Waals surface area contributed by atoms with Crippen molar-refractivity contribution in [3.63, 3.8) is 0 Å². The van der Waals surface area contributed by atoms with Gasteiger partial charge in [0.05, 0.1) is 0 Å². The summed E-state index contributed by atoms with van der Waals surface area (Å²) in [6.07, 6.45) is 2.67. The van der Waals surface area contributed by atoms with Crippen LogP contribution in [0.2, 0.25) is 0 Å². The predicted molar refractivity (Wildman–Crippen MR) is 128 cm³/mol. The van der Waals surface area contributed by atoms with Gasteiger partial charge >= 0.3 is 0 Å². The zero-order valence-electron chi connectivity index (χ0n) is 19.3. The number of unbranched alkanes of at least 4 members (excludes halogenated alkanes) is 1. The fraction of sp³-hybridized carbons (Fsp3) is 0.462. The molecule has 2 aromatic rings. The normalized spacial score (nSPS) is 14.5. The van der Waals surface area contributed by atoms with Gasteiger partial charge in [0, 0.05) is 49.5 Å². The van der Waals surface area contributed by atoms with E-state index in [1.165, 1.54) is 5.56 Å². The number of nitrogens with zero attached hydrogens (tertiary/aromatic N) is 2. The van der Waals surface area contributed by atoms with Crippen LogP contribution in [0.4, 0.5) is 11.4 Å². The van der Waals surface area contributed by atoms with E-state index < -0.39 is 0 Å². The number of hydrogen-bond donors (Lipinski definition) is 1. The third-order valence-corrected chi connectivity index (χ3v) is 5.88. The van der Waals surface area contributed by atoms with Gasteiger partial charge in [-0.3, -0.25) is 9.59 Å². The van der Waals surface area contributed by atoms with Crippen LogP contribution in [0.15, 0.2) is 48.5 Å². The Morgan fingerprint density at radius 2 is 1.52 bits per heavy atom. The van der Waals surface area contributed by atoms with E-state index in [2.05, 4.69) is 37.9 Å². The van der Waals surface area contributed by atoms with E-state index in [4.69, 9.17) is 0 Å². The van der Waals surface area contributed by atoms with Crippen molar-refractivity contribution in [3.8, 4) is 0 Å². The lowest BCUT2D eigenvalue weighted by molar-refractivity contribution is -0.131. The molecule has 0 bridgehead atoms. The molecule has 0 aromatic heterocycles. The third kappa shape index (κ3) is 6.09. The fourth-order valence-electron chi connectivity index (χ4n) is 3.78. The average Bonchev–Trinajstić information content (AvgIpc) is 2.77. The molecule has 0 saturated carbocycles. The second-order valence-corrected chi connectivity index (χ2v) is 9.30. The molecular formula is C26H35N3O2. The van der Waals surface area contributed by atoms with E-state index in [1.54, 1.807) is 0 Å². The molecule has 31 heavy (non-hydrogen) atoms. The largest absolute Gasteiger partial charge is 0.368 e. The first-order chi connectivity index (χ1) is 14.8. The third-order valence-electron chi connectivity index (χ3n) is 5.88. The van der Waals surface area contributed by atoms with Crippen LogP contribution in [0.1, 0.15) is 62.9 Å².